The van der Waals surface area contributed by atoms with Crippen LogP contribution in [0.1, 0.15) is 25.5 Å². The lowest BCUT2D eigenvalue weighted by atomic mass is 9.94. The summed E-state index contributed by atoms with van der Waals surface area (Å²) < 4.78 is 4.92. The molecule has 1 atom stereocenters. The number of ether oxygens (including phenoxy) is 1. The van der Waals surface area contributed by atoms with Gasteiger partial charge in [0.2, 0.25) is 0 Å². The van der Waals surface area contributed by atoms with Crippen molar-refractivity contribution >= 4 is 11.9 Å². The maximum absolute atomic E-state index is 11.6. The highest BCUT2D eigenvalue weighted by Gasteiger charge is 2.30. The summed E-state index contributed by atoms with van der Waals surface area (Å²) in [5.41, 5.74) is 1.37. The molecule has 1 N–H and O–H groups in total. The van der Waals surface area contributed by atoms with Crippen LogP contribution in [0.25, 0.3) is 0 Å². The molecule has 0 fully saturated rings. The highest BCUT2D eigenvalue weighted by molar-refractivity contribution is 5.97. The summed E-state index contributed by atoms with van der Waals surface area (Å²) in [5, 5.41) is 2.65. The zero-order valence-corrected chi connectivity index (χ0v) is 9.69. The number of amides is 1. The topological polar surface area (TPSA) is 55.4 Å². The van der Waals surface area contributed by atoms with Crippen molar-refractivity contribution in [1.29, 1.82) is 0 Å². The first-order valence-electron chi connectivity index (χ1n) is 5.34. The normalized spacial score (nSPS) is 19.6. The van der Waals surface area contributed by atoms with E-state index in [4.69, 9.17) is 4.74 Å². The average Bonchev–Trinajstić information content (AvgIpc) is 2.28. The number of allylic oxidation sites excluding steroid dienone is 1. The third-order valence-electron chi connectivity index (χ3n) is 2.69. The highest BCUT2D eigenvalue weighted by Crippen LogP contribution is 2.28. The number of Topliss-reactive ketones (excluding diaryl/α,β-unsaturated/α-hetero) is 1. The zero-order chi connectivity index (χ0) is 12.4. The minimum atomic E-state index is -0.527. The molecule has 0 aliphatic carbocycles. The van der Waals surface area contributed by atoms with Crippen LogP contribution in [0.5, 0.6) is 0 Å². The Morgan fingerprint density at radius 2 is 1.94 bits per heavy atom. The van der Waals surface area contributed by atoms with E-state index in [1.165, 1.54) is 6.92 Å². The number of carbonyl (C=O) groups excluding carboxylic acids is 2. The Hall–Kier alpha value is -2.10. The second kappa shape index (κ2) is 4.41. The molecule has 0 bridgehead atoms. The Morgan fingerprint density at radius 1 is 1.29 bits per heavy atom. The molecule has 0 saturated carbocycles. The molecular formula is C13H13NO3. The fourth-order valence-corrected chi connectivity index (χ4v) is 1.96. The molecule has 4 heteroatoms. The lowest BCUT2D eigenvalue weighted by molar-refractivity contribution is -0.114. The molecule has 17 heavy (non-hydrogen) atoms. The predicted molar refractivity (Wildman–Crippen MR) is 62.2 cm³/mol. The van der Waals surface area contributed by atoms with Crippen molar-refractivity contribution < 1.29 is 14.3 Å². The molecule has 1 amide bonds. The summed E-state index contributed by atoms with van der Waals surface area (Å²) in [6.07, 6.45) is -0.527. The van der Waals surface area contributed by atoms with Gasteiger partial charge in [-0.05, 0) is 19.4 Å². The van der Waals surface area contributed by atoms with E-state index in [2.05, 4.69) is 5.32 Å². The number of nitrogens with one attached hydrogen (secondary N) is 1. The Labute approximate surface area is 99.3 Å². The largest absolute Gasteiger partial charge is 0.415 e. The number of hydrogen-bond donors (Lipinski definition) is 1. The van der Waals surface area contributed by atoms with Crippen molar-refractivity contribution in [3.63, 3.8) is 0 Å². The van der Waals surface area contributed by atoms with E-state index < -0.39 is 12.1 Å². The Morgan fingerprint density at radius 3 is 2.53 bits per heavy atom. The minimum Gasteiger partial charge on any atom is -0.415 e. The van der Waals surface area contributed by atoms with E-state index in [0.29, 0.717) is 11.3 Å². The van der Waals surface area contributed by atoms with E-state index in [1.807, 2.05) is 30.3 Å². The van der Waals surface area contributed by atoms with Crippen LogP contribution in [-0.4, -0.2) is 11.9 Å². The smallest absolute Gasteiger partial charge is 0.413 e. The molecule has 0 saturated heterocycles. The first kappa shape index (κ1) is 11.4. The molecule has 1 aromatic carbocycles. The Balaban J connectivity index is 2.47. The van der Waals surface area contributed by atoms with Gasteiger partial charge < -0.3 is 10.1 Å². The lowest BCUT2D eigenvalue weighted by Gasteiger charge is -2.26. The van der Waals surface area contributed by atoms with Gasteiger partial charge in [-0.3, -0.25) is 4.79 Å². The second-order valence-electron chi connectivity index (χ2n) is 3.90. The number of hydrogen-bond acceptors (Lipinski definition) is 3. The Bertz CT molecular complexity index is 491. The van der Waals surface area contributed by atoms with Gasteiger partial charge in [0, 0.05) is 0 Å². The van der Waals surface area contributed by atoms with Gasteiger partial charge in [0.25, 0.3) is 0 Å². The molecule has 1 aliphatic rings. The summed E-state index contributed by atoms with van der Waals surface area (Å²) in [7, 11) is 0. The molecular weight excluding hydrogens is 218 g/mol. The van der Waals surface area contributed by atoms with E-state index >= 15 is 0 Å². The van der Waals surface area contributed by atoms with Crippen molar-refractivity contribution in [3.8, 4) is 0 Å². The van der Waals surface area contributed by atoms with Gasteiger partial charge in [-0.25, -0.2) is 4.79 Å². The molecule has 2 rings (SSSR count). The lowest BCUT2D eigenvalue weighted by Crippen LogP contribution is -2.36. The van der Waals surface area contributed by atoms with Crippen molar-refractivity contribution in [2.24, 2.45) is 0 Å². The van der Waals surface area contributed by atoms with Crippen LogP contribution in [0, 0.1) is 0 Å². The van der Waals surface area contributed by atoms with Crippen LogP contribution in [0.3, 0.4) is 0 Å². The van der Waals surface area contributed by atoms with E-state index in [-0.39, 0.29) is 5.78 Å². The van der Waals surface area contributed by atoms with Gasteiger partial charge in [-0.2, -0.15) is 0 Å². The van der Waals surface area contributed by atoms with Gasteiger partial charge in [-0.1, -0.05) is 30.3 Å². The van der Waals surface area contributed by atoms with Crippen LogP contribution < -0.4 is 5.32 Å². The molecule has 4 nitrogen and oxygen atoms in total. The number of benzene rings is 1. The van der Waals surface area contributed by atoms with Gasteiger partial charge in [0.05, 0.1) is 11.6 Å². The number of rotatable bonds is 2. The average molecular weight is 231 g/mol. The zero-order valence-electron chi connectivity index (χ0n) is 9.69. The Kier molecular flexibility index (Phi) is 2.95. The third-order valence-corrected chi connectivity index (χ3v) is 2.69. The number of cyclic esters (lactones) is 1. The van der Waals surface area contributed by atoms with Crippen molar-refractivity contribution in [2.45, 2.75) is 19.9 Å². The van der Waals surface area contributed by atoms with Crippen molar-refractivity contribution in [3.05, 3.63) is 47.2 Å². The fraction of sp³-hybridized carbons (Fsp3) is 0.231. The first-order valence-corrected chi connectivity index (χ1v) is 5.34. The third kappa shape index (κ3) is 2.20. The van der Waals surface area contributed by atoms with E-state index in [0.717, 1.165) is 5.56 Å². The SMILES string of the molecule is CC(=O)C1=C(C)OC(=O)NC1c1ccccc1. The standard InChI is InChI=1S/C13H13NO3/c1-8(15)11-9(2)17-13(16)14-12(11)10-6-4-3-5-7-10/h3-7,12H,1-2H3,(H,14,16). The van der Waals surface area contributed by atoms with Crippen LogP contribution in [0.2, 0.25) is 0 Å². The maximum atomic E-state index is 11.6. The minimum absolute atomic E-state index is 0.101. The van der Waals surface area contributed by atoms with Gasteiger partial charge in [-0.15, -0.1) is 0 Å². The summed E-state index contributed by atoms with van der Waals surface area (Å²) in [4.78, 5) is 23.0. The number of alkyl carbamates (subject to hydrolysis) is 1. The molecule has 1 aliphatic heterocycles. The summed E-state index contributed by atoms with van der Waals surface area (Å²) in [6.45, 7) is 3.10. The van der Waals surface area contributed by atoms with Crippen molar-refractivity contribution in [2.75, 3.05) is 0 Å². The van der Waals surface area contributed by atoms with Crippen molar-refractivity contribution in [1.82, 2.24) is 5.32 Å². The summed E-state index contributed by atoms with van der Waals surface area (Å²) in [5.74, 6) is 0.270. The summed E-state index contributed by atoms with van der Waals surface area (Å²) in [6, 6.07) is 8.93. The molecule has 1 heterocycles. The van der Waals surface area contributed by atoms with Crippen LogP contribution in [0.4, 0.5) is 4.79 Å². The molecule has 1 aromatic rings. The first-order chi connectivity index (χ1) is 8.09. The van der Waals surface area contributed by atoms with E-state index in [9.17, 15) is 9.59 Å². The molecule has 0 radical (unpaired) electrons. The molecule has 1 unspecified atom stereocenters. The molecule has 88 valence electrons. The highest BCUT2D eigenvalue weighted by atomic mass is 16.6. The predicted octanol–water partition coefficient (Wildman–Crippen LogP) is 2.33. The van der Waals surface area contributed by atoms with Crippen LogP contribution in [-0.2, 0) is 9.53 Å². The maximum Gasteiger partial charge on any atom is 0.413 e. The number of ketones is 1. The van der Waals surface area contributed by atoms with Crippen LogP contribution >= 0.6 is 0 Å². The second-order valence-corrected chi connectivity index (χ2v) is 3.90. The molecule has 0 aromatic heterocycles. The molecule has 0 spiro atoms. The van der Waals surface area contributed by atoms with Gasteiger partial charge in [0.1, 0.15) is 5.76 Å². The van der Waals surface area contributed by atoms with Gasteiger partial charge in [0.15, 0.2) is 5.78 Å². The fourth-order valence-electron chi connectivity index (χ4n) is 1.96. The number of carbonyl (C=O) groups is 2. The quantitative estimate of drug-likeness (QED) is 0.849. The summed E-state index contributed by atoms with van der Waals surface area (Å²) >= 11 is 0. The van der Waals surface area contributed by atoms with Crippen LogP contribution in [0.15, 0.2) is 41.7 Å². The van der Waals surface area contributed by atoms with Gasteiger partial charge >= 0.3 is 6.09 Å². The monoisotopic (exact) mass is 231 g/mol. The van der Waals surface area contributed by atoms with E-state index in [1.54, 1.807) is 6.92 Å².